The van der Waals surface area contributed by atoms with Crippen molar-refractivity contribution in [1.29, 1.82) is 0 Å². The quantitative estimate of drug-likeness (QED) is 0.499. The average Bonchev–Trinajstić information content (AvgIpc) is 3.32. The van der Waals surface area contributed by atoms with Gasteiger partial charge in [0.05, 0.1) is 16.3 Å². The van der Waals surface area contributed by atoms with E-state index < -0.39 is 0 Å². The lowest BCUT2D eigenvalue weighted by Crippen LogP contribution is -2.15. The fraction of sp³-hybridized carbons (Fsp3) is 0.350. The second-order valence-electron chi connectivity index (χ2n) is 7.45. The molecule has 2 atom stereocenters. The number of benzene rings is 1. The number of H-pyrrole nitrogens is 1. The van der Waals surface area contributed by atoms with E-state index in [0.717, 1.165) is 35.2 Å². The zero-order valence-electron chi connectivity index (χ0n) is 16.1. The molecule has 1 N–H and O–H groups in total. The van der Waals surface area contributed by atoms with Crippen LogP contribution in [0.3, 0.4) is 0 Å². The molecule has 0 amide bonds. The molecule has 5 rings (SSSR count). The van der Waals surface area contributed by atoms with Crippen molar-refractivity contribution in [3.8, 4) is 5.69 Å². The molecule has 0 saturated heterocycles. The van der Waals surface area contributed by atoms with E-state index in [0.29, 0.717) is 16.9 Å². The highest BCUT2D eigenvalue weighted by Crippen LogP contribution is 2.37. The third-order valence-electron chi connectivity index (χ3n) is 5.29. The lowest BCUT2D eigenvalue weighted by Gasteiger charge is -2.17. The van der Waals surface area contributed by atoms with Crippen LogP contribution in [-0.2, 0) is 12.8 Å². The molecule has 0 bridgehead atoms. The summed E-state index contributed by atoms with van der Waals surface area (Å²) in [6, 6.07) is 9.75. The van der Waals surface area contributed by atoms with Crippen molar-refractivity contribution in [2.24, 2.45) is 5.92 Å². The smallest absolute Gasteiger partial charge is 0.259 e. The Labute approximate surface area is 175 Å². The van der Waals surface area contributed by atoms with E-state index >= 15 is 0 Å². The van der Waals surface area contributed by atoms with Crippen molar-refractivity contribution in [3.63, 3.8) is 0 Å². The average molecular weight is 425 g/mol. The van der Waals surface area contributed by atoms with Crippen molar-refractivity contribution in [1.82, 2.24) is 30.2 Å². The number of hydrogen-bond donors (Lipinski definition) is 1. The van der Waals surface area contributed by atoms with E-state index in [1.165, 1.54) is 22.2 Å². The number of hydrogen-bond acceptors (Lipinski definition) is 7. The monoisotopic (exact) mass is 424 g/mol. The summed E-state index contributed by atoms with van der Waals surface area (Å²) in [5.74, 6) is 1.32. The molecule has 0 fully saturated rings. The molecule has 29 heavy (non-hydrogen) atoms. The van der Waals surface area contributed by atoms with E-state index in [4.69, 9.17) is 4.98 Å². The zero-order chi connectivity index (χ0) is 20.0. The first kappa shape index (κ1) is 18.5. The van der Waals surface area contributed by atoms with Gasteiger partial charge in [0.15, 0.2) is 0 Å². The van der Waals surface area contributed by atoms with Gasteiger partial charge in [0.1, 0.15) is 10.7 Å². The van der Waals surface area contributed by atoms with Crippen molar-refractivity contribution < 1.29 is 0 Å². The standard InChI is InChI=1S/C20H20N6OS2/c1-11-8-9-14-15(10-11)29-19-16(14)18(27)21-17(22-19)12(2)28-20-23-24-25-26(20)13-6-4-3-5-7-13/h3-7,11-12H,8-10H2,1-2H3,(H,21,22,27). The molecule has 2 unspecified atom stereocenters. The minimum Gasteiger partial charge on any atom is -0.309 e. The third-order valence-corrected chi connectivity index (χ3v) is 7.48. The molecule has 1 aliphatic carbocycles. The Morgan fingerprint density at radius 3 is 2.97 bits per heavy atom. The van der Waals surface area contributed by atoms with Crippen LogP contribution in [0.5, 0.6) is 0 Å². The maximum absolute atomic E-state index is 12.9. The number of rotatable bonds is 4. The van der Waals surface area contributed by atoms with E-state index in [1.807, 2.05) is 37.3 Å². The van der Waals surface area contributed by atoms with Crippen LogP contribution in [0.25, 0.3) is 15.9 Å². The normalized spacial score (nSPS) is 17.4. The van der Waals surface area contributed by atoms with Crippen LogP contribution in [0.15, 0.2) is 40.3 Å². The highest BCUT2D eigenvalue weighted by molar-refractivity contribution is 7.99. The predicted molar refractivity (Wildman–Crippen MR) is 115 cm³/mol. The number of aromatic amines is 1. The maximum atomic E-state index is 12.9. The van der Waals surface area contributed by atoms with Gasteiger partial charge in [-0.3, -0.25) is 4.79 Å². The molecule has 3 heterocycles. The van der Waals surface area contributed by atoms with Crippen LogP contribution >= 0.6 is 23.1 Å². The van der Waals surface area contributed by atoms with E-state index in [2.05, 4.69) is 27.4 Å². The van der Waals surface area contributed by atoms with Gasteiger partial charge in [-0.2, -0.15) is 4.68 Å². The number of para-hydroxylation sites is 1. The largest absolute Gasteiger partial charge is 0.309 e. The number of fused-ring (bicyclic) bond motifs is 3. The lowest BCUT2D eigenvalue weighted by atomic mass is 9.89. The molecular formula is C20H20N6OS2. The molecule has 0 radical (unpaired) electrons. The molecule has 7 nitrogen and oxygen atoms in total. The Hall–Kier alpha value is -2.52. The summed E-state index contributed by atoms with van der Waals surface area (Å²) in [5.41, 5.74) is 2.06. The summed E-state index contributed by atoms with van der Waals surface area (Å²) in [4.78, 5) is 22.9. The number of aromatic nitrogens is 6. The van der Waals surface area contributed by atoms with Crippen molar-refractivity contribution in [2.75, 3.05) is 0 Å². The zero-order valence-corrected chi connectivity index (χ0v) is 17.8. The minimum atomic E-state index is -0.0985. The van der Waals surface area contributed by atoms with Gasteiger partial charge in [-0.05, 0) is 60.2 Å². The topological polar surface area (TPSA) is 89.3 Å². The molecule has 9 heteroatoms. The third kappa shape index (κ3) is 3.38. The van der Waals surface area contributed by atoms with Crippen LogP contribution < -0.4 is 5.56 Å². The Kier molecular flexibility index (Phi) is 4.71. The number of tetrazole rings is 1. The maximum Gasteiger partial charge on any atom is 0.259 e. The van der Waals surface area contributed by atoms with E-state index in [-0.39, 0.29) is 10.8 Å². The summed E-state index contributed by atoms with van der Waals surface area (Å²) in [6.45, 7) is 4.28. The van der Waals surface area contributed by atoms with Crippen LogP contribution in [0.1, 0.15) is 41.8 Å². The number of aryl methyl sites for hydroxylation is 1. The molecule has 1 aliphatic rings. The van der Waals surface area contributed by atoms with E-state index in [1.54, 1.807) is 16.0 Å². The van der Waals surface area contributed by atoms with Gasteiger partial charge in [0, 0.05) is 4.88 Å². The Bertz CT molecular complexity index is 1230. The number of nitrogens with zero attached hydrogens (tertiary/aromatic N) is 5. The molecule has 4 aromatic rings. The molecule has 0 saturated carbocycles. The molecule has 0 aliphatic heterocycles. The fourth-order valence-corrected chi connectivity index (χ4v) is 6.01. The van der Waals surface area contributed by atoms with Crippen LogP contribution in [0, 0.1) is 5.92 Å². The van der Waals surface area contributed by atoms with Crippen molar-refractivity contribution in [3.05, 3.63) is 57.0 Å². The molecule has 3 aromatic heterocycles. The second kappa shape index (κ2) is 7.38. The van der Waals surface area contributed by atoms with Crippen LogP contribution in [0.2, 0.25) is 0 Å². The lowest BCUT2D eigenvalue weighted by molar-refractivity contribution is 0.509. The van der Waals surface area contributed by atoms with Gasteiger partial charge in [-0.25, -0.2) is 4.98 Å². The predicted octanol–water partition coefficient (Wildman–Crippen LogP) is 3.94. The highest BCUT2D eigenvalue weighted by atomic mass is 32.2. The molecular weight excluding hydrogens is 404 g/mol. The van der Waals surface area contributed by atoms with Crippen LogP contribution in [0.4, 0.5) is 0 Å². The van der Waals surface area contributed by atoms with Gasteiger partial charge in [-0.1, -0.05) is 36.9 Å². The Morgan fingerprint density at radius 1 is 1.31 bits per heavy atom. The summed E-state index contributed by atoms with van der Waals surface area (Å²) >= 11 is 3.15. The fourth-order valence-electron chi connectivity index (χ4n) is 3.76. The Balaban J connectivity index is 1.48. The van der Waals surface area contributed by atoms with Gasteiger partial charge in [0.25, 0.3) is 5.56 Å². The second-order valence-corrected chi connectivity index (χ2v) is 9.84. The number of thiophene rings is 1. The summed E-state index contributed by atoms with van der Waals surface area (Å²) in [6.07, 6.45) is 3.15. The van der Waals surface area contributed by atoms with Crippen molar-refractivity contribution >= 4 is 33.3 Å². The first-order chi connectivity index (χ1) is 14.1. The van der Waals surface area contributed by atoms with Gasteiger partial charge >= 0.3 is 0 Å². The SMILES string of the molecule is CC1CCc2c(sc3nc(C(C)Sc4nnnn4-c4ccccc4)[nH]c(=O)c23)C1. The summed E-state index contributed by atoms with van der Waals surface area (Å²) in [7, 11) is 0. The number of nitrogens with one attached hydrogen (secondary N) is 1. The molecule has 0 spiro atoms. The summed E-state index contributed by atoms with van der Waals surface area (Å²) < 4.78 is 1.70. The van der Waals surface area contributed by atoms with E-state index in [9.17, 15) is 4.79 Å². The highest BCUT2D eigenvalue weighted by Gasteiger charge is 2.24. The van der Waals surface area contributed by atoms with Crippen LogP contribution in [-0.4, -0.2) is 30.2 Å². The summed E-state index contributed by atoms with van der Waals surface area (Å²) in [5, 5.41) is 13.4. The first-order valence-corrected chi connectivity index (χ1v) is 11.3. The van der Waals surface area contributed by atoms with Gasteiger partial charge < -0.3 is 4.98 Å². The molecule has 1 aromatic carbocycles. The van der Waals surface area contributed by atoms with Crippen molar-refractivity contribution in [2.45, 2.75) is 43.5 Å². The first-order valence-electron chi connectivity index (χ1n) is 9.65. The number of thioether (sulfide) groups is 1. The molecule has 148 valence electrons. The van der Waals surface area contributed by atoms with Gasteiger partial charge in [-0.15, -0.1) is 16.4 Å². The minimum absolute atomic E-state index is 0.0350. The van der Waals surface area contributed by atoms with Gasteiger partial charge in [0.2, 0.25) is 5.16 Å². The Morgan fingerprint density at radius 2 is 2.14 bits per heavy atom.